The summed E-state index contributed by atoms with van der Waals surface area (Å²) in [6.45, 7) is 1.92. The van der Waals surface area contributed by atoms with Gasteiger partial charge in [0.25, 0.3) is 0 Å². The highest BCUT2D eigenvalue weighted by atomic mass is 32.2. The second-order valence-corrected chi connectivity index (χ2v) is 7.53. The summed E-state index contributed by atoms with van der Waals surface area (Å²) in [5, 5.41) is 8.24. The van der Waals surface area contributed by atoms with Crippen molar-refractivity contribution >= 4 is 15.6 Å². The first-order chi connectivity index (χ1) is 9.45. The minimum absolute atomic E-state index is 0.0510. The fourth-order valence-corrected chi connectivity index (χ4v) is 4.43. The molecule has 1 aliphatic heterocycles. The van der Waals surface area contributed by atoms with Crippen LogP contribution in [0.25, 0.3) is 0 Å². The number of Topliss-reactive ketones (excluding diaryl/α,β-unsaturated/α-hetero) is 1. The third kappa shape index (κ3) is 2.91. The van der Waals surface area contributed by atoms with Crippen LogP contribution in [-0.2, 0) is 14.6 Å². The molecule has 0 saturated carbocycles. The van der Waals surface area contributed by atoms with Crippen molar-refractivity contribution in [1.29, 1.82) is 5.26 Å². The van der Waals surface area contributed by atoms with E-state index in [2.05, 4.69) is 0 Å². The average Bonchev–Trinajstić information content (AvgIpc) is 2.41. The Morgan fingerprint density at radius 3 is 2.50 bits per heavy atom. The van der Waals surface area contributed by atoms with Gasteiger partial charge < -0.3 is 0 Å². The standard InChI is InChI=1S/C15H17NO3S/c1-11-5-7-12(8-6-11)13(10-16)15(17)14-4-2-3-9-20(14,18)19/h5-8,13-14H,2-4,9H2,1H3. The zero-order chi connectivity index (χ0) is 14.8. The van der Waals surface area contributed by atoms with Crippen LogP contribution in [0.5, 0.6) is 0 Å². The molecule has 0 radical (unpaired) electrons. The van der Waals surface area contributed by atoms with Crippen molar-refractivity contribution in [2.24, 2.45) is 0 Å². The van der Waals surface area contributed by atoms with Crippen LogP contribution < -0.4 is 0 Å². The summed E-state index contributed by atoms with van der Waals surface area (Å²) in [6, 6.07) is 9.04. The number of hydrogen-bond acceptors (Lipinski definition) is 4. The summed E-state index contributed by atoms with van der Waals surface area (Å²) in [5.41, 5.74) is 1.60. The van der Waals surface area contributed by atoms with E-state index >= 15 is 0 Å². The van der Waals surface area contributed by atoms with Crippen LogP contribution in [0.4, 0.5) is 0 Å². The Kier molecular flexibility index (Phi) is 4.24. The molecular weight excluding hydrogens is 274 g/mol. The summed E-state index contributed by atoms with van der Waals surface area (Å²) in [6.07, 6.45) is 1.67. The van der Waals surface area contributed by atoms with Gasteiger partial charge in [-0.3, -0.25) is 4.79 Å². The number of hydrogen-bond donors (Lipinski definition) is 0. The largest absolute Gasteiger partial charge is 0.296 e. The Labute approximate surface area is 119 Å². The normalized spacial score (nSPS) is 22.7. The third-order valence-corrected chi connectivity index (χ3v) is 5.91. The Morgan fingerprint density at radius 1 is 1.30 bits per heavy atom. The second-order valence-electron chi connectivity index (χ2n) is 5.23. The fraction of sp³-hybridized carbons (Fsp3) is 0.467. The topological polar surface area (TPSA) is 75.0 Å². The van der Waals surface area contributed by atoms with E-state index < -0.39 is 26.8 Å². The summed E-state index contributed by atoms with van der Waals surface area (Å²) in [7, 11) is -3.39. The molecule has 2 rings (SSSR count). The van der Waals surface area contributed by atoms with Gasteiger partial charge in [0.2, 0.25) is 0 Å². The van der Waals surface area contributed by atoms with Gasteiger partial charge in [0.1, 0.15) is 11.2 Å². The van der Waals surface area contributed by atoms with Gasteiger partial charge in [-0.25, -0.2) is 8.42 Å². The van der Waals surface area contributed by atoms with Gasteiger partial charge in [0, 0.05) is 0 Å². The molecule has 1 heterocycles. The molecular formula is C15H17NO3S. The van der Waals surface area contributed by atoms with Gasteiger partial charge in [-0.2, -0.15) is 5.26 Å². The quantitative estimate of drug-likeness (QED) is 0.855. The molecule has 1 fully saturated rings. The van der Waals surface area contributed by atoms with Crippen molar-refractivity contribution in [1.82, 2.24) is 0 Å². The lowest BCUT2D eigenvalue weighted by atomic mass is 9.92. The number of nitriles is 1. The summed E-state index contributed by atoms with van der Waals surface area (Å²) < 4.78 is 24.0. The lowest BCUT2D eigenvalue weighted by Crippen LogP contribution is -2.38. The van der Waals surface area contributed by atoms with Gasteiger partial charge in [-0.1, -0.05) is 36.2 Å². The van der Waals surface area contributed by atoms with Crippen molar-refractivity contribution in [3.8, 4) is 6.07 Å². The first kappa shape index (κ1) is 14.7. The number of rotatable bonds is 3. The van der Waals surface area contributed by atoms with Crippen LogP contribution in [0.2, 0.25) is 0 Å². The minimum Gasteiger partial charge on any atom is -0.296 e. The van der Waals surface area contributed by atoms with Gasteiger partial charge in [0.15, 0.2) is 15.6 Å². The Bertz CT molecular complexity index is 641. The summed E-state index contributed by atoms with van der Waals surface area (Å²) in [4.78, 5) is 12.4. The highest BCUT2D eigenvalue weighted by Crippen LogP contribution is 2.27. The molecule has 0 amide bonds. The van der Waals surface area contributed by atoms with E-state index in [4.69, 9.17) is 0 Å². The molecule has 4 nitrogen and oxygen atoms in total. The molecule has 1 aromatic rings. The second kappa shape index (κ2) is 5.76. The van der Waals surface area contributed by atoms with Gasteiger partial charge in [-0.15, -0.1) is 0 Å². The number of nitrogens with zero attached hydrogens (tertiary/aromatic N) is 1. The van der Waals surface area contributed by atoms with Crippen molar-refractivity contribution in [2.75, 3.05) is 5.75 Å². The number of carbonyl (C=O) groups excluding carboxylic acids is 1. The number of sulfone groups is 1. The number of aryl methyl sites for hydroxylation is 1. The Hall–Kier alpha value is -1.67. The maximum atomic E-state index is 12.4. The van der Waals surface area contributed by atoms with E-state index in [0.717, 1.165) is 12.0 Å². The molecule has 0 aromatic heterocycles. The van der Waals surface area contributed by atoms with E-state index in [1.54, 1.807) is 12.1 Å². The van der Waals surface area contributed by atoms with Crippen molar-refractivity contribution in [2.45, 2.75) is 37.4 Å². The van der Waals surface area contributed by atoms with E-state index in [-0.39, 0.29) is 5.75 Å². The molecule has 1 aliphatic rings. The minimum atomic E-state index is -3.39. The van der Waals surface area contributed by atoms with Crippen molar-refractivity contribution in [3.05, 3.63) is 35.4 Å². The van der Waals surface area contributed by atoms with Crippen LogP contribution in [0.3, 0.4) is 0 Å². The predicted octanol–water partition coefficient (Wildman–Crippen LogP) is 2.14. The van der Waals surface area contributed by atoms with Gasteiger partial charge in [0.05, 0.1) is 11.8 Å². The van der Waals surface area contributed by atoms with Gasteiger partial charge >= 0.3 is 0 Å². The fourth-order valence-electron chi connectivity index (χ4n) is 2.52. The number of benzene rings is 1. The Morgan fingerprint density at radius 2 is 1.95 bits per heavy atom. The van der Waals surface area contributed by atoms with E-state index in [0.29, 0.717) is 18.4 Å². The maximum absolute atomic E-state index is 12.4. The van der Waals surface area contributed by atoms with E-state index in [1.165, 1.54) is 0 Å². The third-order valence-electron chi connectivity index (χ3n) is 3.72. The first-order valence-corrected chi connectivity index (χ1v) is 8.39. The Balaban J connectivity index is 2.30. The zero-order valence-electron chi connectivity index (χ0n) is 11.4. The van der Waals surface area contributed by atoms with Crippen molar-refractivity contribution in [3.63, 3.8) is 0 Å². The molecule has 106 valence electrons. The predicted molar refractivity (Wildman–Crippen MR) is 76.0 cm³/mol. The molecule has 0 bridgehead atoms. The van der Waals surface area contributed by atoms with Crippen LogP contribution in [0.15, 0.2) is 24.3 Å². The summed E-state index contributed by atoms with van der Waals surface area (Å²) >= 11 is 0. The smallest absolute Gasteiger partial charge is 0.172 e. The lowest BCUT2D eigenvalue weighted by molar-refractivity contribution is -0.119. The van der Waals surface area contributed by atoms with Crippen LogP contribution in [-0.4, -0.2) is 25.2 Å². The SMILES string of the molecule is Cc1ccc(C(C#N)C(=O)C2CCCCS2(=O)=O)cc1. The molecule has 2 unspecified atom stereocenters. The van der Waals surface area contributed by atoms with Crippen LogP contribution in [0, 0.1) is 18.3 Å². The monoisotopic (exact) mass is 291 g/mol. The molecule has 0 N–H and O–H groups in total. The lowest BCUT2D eigenvalue weighted by Gasteiger charge is -2.23. The van der Waals surface area contributed by atoms with Crippen LogP contribution in [0.1, 0.15) is 36.3 Å². The van der Waals surface area contributed by atoms with Crippen molar-refractivity contribution < 1.29 is 13.2 Å². The number of carbonyl (C=O) groups is 1. The van der Waals surface area contributed by atoms with E-state index in [1.807, 2.05) is 25.1 Å². The molecule has 2 atom stereocenters. The zero-order valence-corrected chi connectivity index (χ0v) is 12.2. The van der Waals surface area contributed by atoms with Gasteiger partial charge in [-0.05, 0) is 25.3 Å². The molecule has 1 saturated heterocycles. The van der Waals surface area contributed by atoms with E-state index in [9.17, 15) is 18.5 Å². The molecule has 0 aliphatic carbocycles. The molecule has 1 aromatic carbocycles. The summed E-state index contributed by atoms with van der Waals surface area (Å²) in [5.74, 6) is -1.42. The molecule has 20 heavy (non-hydrogen) atoms. The maximum Gasteiger partial charge on any atom is 0.172 e. The molecule has 5 heteroatoms. The number of ketones is 1. The van der Waals surface area contributed by atoms with Crippen LogP contribution >= 0.6 is 0 Å². The average molecular weight is 291 g/mol. The first-order valence-electron chi connectivity index (χ1n) is 6.67. The highest BCUT2D eigenvalue weighted by Gasteiger charge is 2.38. The molecule has 0 spiro atoms. The highest BCUT2D eigenvalue weighted by molar-refractivity contribution is 7.92.